The predicted molar refractivity (Wildman–Crippen MR) is 87.4 cm³/mol. The van der Waals surface area contributed by atoms with Crippen molar-refractivity contribution in [2.75, 3.05) is 0 Å². The van der Waals surface area contributed by atoms with Crippen molar-refractivity contribution in [3.63, 3.8) is 0 Å². The van der Waals surface area contributed by atoms with Crippen LogP contribution < -0.4 is 0 Å². The minimum Gasteiger partial charge on any atom is -0.390 e. The van der Waals surface area contributed by atoms with Crippen molar-refractivity contribution >= 4 is 5.78 Å². The monoisotopic (exact) mass is 304 g/mol. The van der Waals surface area contributed by atoms with Gasteiger partial charge in [-0.1, -0.05) is 13.8 Å². The Morgan fingerprint density at radius 1 is 0.955 bits per heavy atom. The molecular formula is C20H32O2. The van der Waals surface area contributed by atoms with Gasteiger partial charge in [0, 0.05) is 11.8 Å². The van der Waals surface area contributed by atoms with Crippen LogP contribution in [0.25, 0.3) is 0 Å². The highest BCUT2D eigenvalue weighted by Crippen LogP contribution is 2.66. The second-order valence-electron chi connectivity index (χ2n) is 9.78. The fourth-order valence-electron chi connectivity index (χ4n) is 7.20. The zero-order valence-electron chi connectivity index (χ0n) is 14.5. The Morgan fingerprint density at radius 2 is 1.73 bits per heavy atom. The normalized spacial score (nSPS) is 57.9. The molecule has 4 rings (SSSR count). The van der Waals surface area contributed by atoms with E-state index in [0.717, 1.165) is 43.9 Å². The number of carbonyl (C=O) groups is 1. The first-order valence-electron chi connectivity index (χ1n) is 9.52. The van der Waals surface area contributed by atoms with Crippen LogP contribution in [-0.4, -0.2) is 16.5 Å². The van der Waals surface area contributed by atoms with E-state index in [1.54, 1.807) is 0 Å². The number of aliphatic hydroxyl groups is 1. The average molecular weight is 304 g/mol. The van der Waals surface area contributed by atoms with Crippen LogP contribution in [0.4, 0.5) is 0 Å². The van der Waals surface area contributed by atoms with E-state index in [9.17, 15) is 9.90 Å². The summed E-state index contributed by atoms with van der Waals surface area (Å²) in [7, 11) is 0. The SMILES string of the molecule is C[C@]1(O)CC[C@]2(C)[C@H](CC[C@@H]3C4CCC(=O)[C@]4(C)CC[C@H]32)C1. The quantitative estimate of drug-likeness (QED) is 0.722. The summed E-state index contributed by atoms with van der Waals surface area (Å²) < 4.78 is 0. The molecule has 0 aromatic carbocycles. The summed E-state index contributed by atoms with van der Waals surface area (Å²) in [6.45, 7) is 6.82. The van der Waals surface area contributed by atoms with Crippen LogP contribution in [0, 0.1) is 34.5 Å². The first-order chi connectivity index (χ1) is 10.3. The van der Waals surface area contributed by atoms with Gasteiger partial charge in [-0.3, -0.25) is 4.79 Å². The maximum atomic E-state index is 12.4. The molecule has 0 amide bonds. The van der Waals surface area contributed by atoms with Gasteiger partial charge < -0.3 is 5.11 Å². The Kier molecular flexibility index (Phi) is 3.16. The highest BCUT2D eigenvalue weighted by Gasteiger charge is 2.60. The number of rotatable bonds is 0. The molecule has 4 aliphatic rings. The molecule has 0 aliphatic heterocycles. The largest absolute Gasteiger partial charge is 0.390 e. The Labute approximate surface area is 135 Å². The fourth-order valence-corrected chi connectivity index (χ4v) is 7.20. The van der Waals surface area contributed by atoms with Crippen LogP contribution in [0.15, 0.2) is 0 Å². The van der Waals surface area contributed by atoms with Crippen molar-refractivity contribution in [2.45, 2.75) is 84.2 Å². The van der Waals surface area contributed by atoms with E-state index < -0.39 is 5.60 Å². The van der Waals surface area contributed by atoms with Gasteiger partial charge in [-0.2, -0.15) is 0 Å². The number of hydrogen-bond acceptors (Lipinski definition) is 2. The number of fused-ring (bicyclic) bond motifs is 5. The maximum absolute atomic E-state index is 12.4. The third kappa shape index (κ3) is 1.92. The highest BCUT2D eigenvalue weighted by molar-refractivity contribution is 5.87. The number of carbonyl (C=O) groups excluding carboxylic acids is 1. The summed E-state index contributed by atoms with van der Waals surface area (Å²) in [6, 6.07) is 0. The molecule has 2 nitrogen and oxygen atoms in total. The van der Waals surface area contributed by atoms with Crippen molar-refractivity contribution in [3.05, 3.63) is 0 Å². The summed E-state index contributed by atoms with van der Waals surface area (Å²) >= 11 is 0. The lowest BCUT2D eigenvalue weighted by Crippen LogP contribution is -2.55. The molecule has 0 spiro atoms. The summed E-state index contributed by atoms with van der Waals surface area (Å²) in [5.41, 5.74) is -0.0217. The Hall–Kier alpha value is -0.370. The van der Waals surface area contributed by atoms with Gasteiger partial charge in [-0.05, 0) is 87.4 Å². The van der Waals surface area contributed by atoms with E-state index >= 15 is 0 Å². The minimum absolute atomic E-state index is 0.00449. The van der Waals surface area contributed by atoms with E-state index in [-0.39, 0.29) is 5.41 Å². The van der Waals surface area contributed by atoms with Gasteiger partial charge in [-0.15, -0.1) is 0 Å². The van der Waals surface area contributed by atoms with E-state index in [4.69, 9.17) is 0 Å². The van der Waals surface area contributed by atoms with Gasteiger partial charge in [-0.25, -0.2) is 0 Å². The number of ketones is 1. The van der Waals surface area contributed by atoms with Crippen LogP contribution in [0.2, 0.25) is 0 Å². The Bertz CT molecular complexity index is 496. The lowest BCUT2D eigenvalue weighted by Gasteiger charge is -2.61. The van der Waals surface area contributed by atoms with E-state index in [0.29, 0.717) is 23.0 Å². The molecule has 124 valence electrons. The van der Waals surface area contributed by atoms with Crippen molar-refractivity contribution in [1.82, 2.24) is 0 Å². The molecule has 1 unspecified atom stereocenters. The molecule has 4 fully saturated rings. The molecule has 0 aromatic heterocycles. The topological polar surface area (TPSA) is 37.3 Å². The van der Waals surface area contributed by atoms with Crippen LogP contribution in [0.3, 0.4) is 0 Å². The third-order valence-electron chi connectivity index (χ3n) is 8.66. The molecule has 4 aliphatic carbocycles. The number of hydrogen-bond donors (Lipinski definition) is 1. The van der Waals surface area contributed by atoms with E-state index in [1.165, 1.54) is 25.7 Å². The van der Waals surface area contributed by atoms with Crippen LogP contribution >= 0.6 is 0 Å². The molecule has 0 heterocycles. The smallest absolute Gasteiger partial charge is 0.139 e. The lowest BCUT2D eigenvalue weighted by atomic mass is 9.44. The molecule has 0 saturated heterocycles. The molecule has 22 heavy (non-hydrogen) atoms. The first kappa shape index (κ1) is 15.2. The standard InChI is InChI=1S/C20H32O2/c1-18(22)10-11-19(2)13(12-18)4-5-14-15-6-7-17(21)20(15,3)9-8-16(14)19/h13-16,22H,4-12H2,1-3H3/t13-,14-,15?,16-,18+,19-,20-/m1/s1. The highest BCUT2D eigenvalue weighted by atomic mass is 16.3. The molecule has 4 saturated carbocycles. The van der Waals surface area contributed by atoms with Gasteiger partial charge >= 0.3 is 0 Å². The lowest BCUT2D eigenvalue weighted by molar-refractivity contribution is -0.151. The molecular weight excluding hydrogens is 272 g/mol. The maximum Gasteiger partial charge on any atom is 0.139 e. The molecule has 0 radical (unpaired) electrons. The fraction of sp³-hybridized carbons (Fsp3) is 0.950. The summed E-state index contributed by atoms with van der Waals surface area (Å²) in [6.07, 6.45) is 10.1. The van der Waals surface area contributed by atoms with Crippen LogP contribution in [0.1, 0.15) is 78.6 Å². The van der Waals surface area contributed by atoms with Crippen molar-refractivity contribution < 1.29 is 9.90 Å². The molecule has 1 N–H and O–H groups in total. The minimum atomic E-state index is -0.441. The van der Waals surface area contributed by atoms with Gasteiger partial charge in [0.2, 0.25) is 0 Å². The second kappa shape index (κ2) is 4.59. The van der Waals surface area contributed by atoms with Gasteiger partial charge in [0.05, 0.1) is 5.60 Å². The zero-order chi connectivity index (χ0) is 15.8. The van der Waals surface area contributed by atoms with Crippen molar-refractivity contribution in [3.8, 4) is 0 Å². The molecule has 7 atom stereocenters. The second-order valence-corrected chi connectivity index (χ2v) is 9.78. The predicted octanol–water partition coefficient (Wildman–Crippen LogP) is 4.35. The van der Waals surface area contributed by atoms with Crippen LogP contribution in [-0.2, 0) is 4.79 Å². The molecule has 2 heteroatoms. The molecule has 0 aromatic rings. The zero-order valence-corrected chi connectivity index (χ0v) is 14.5. The summed E-state index contributed by atoms with van der Waals surface area (Å²) in [5, 5.41) is 10.5. The van der Waals surface area contributed by atoms with E-state index in [1.807, 2.05) is 6.92 Å². The summed E-state index contributed by atoms with van der Waals surface area (Å²) in [5.74, 6) is 3.47. The number of Topliss-reactive ketones (excluding diaryl/α,β-unsaturated/α-hetero) is 1. The third-order valence-corrected chi connectivity index (χ3v) is 8.66. The first-order valence-corrected chi connectivity index (χ1v) is 9.52. The Balaban J connectivity index is 1.63. The average Bonchev–Trinajstić information content (AvgIpc) is 2.76. The summed E-state index contributed by atoms with van der Waals surface area (Å²) in [4.78, 5) is 12.4. The van der Waals surface area contributed by atoms with Gasteiger partial charge in [0.25, 0.3) is 0 Å². The van der Waals surface area contributed by atoms with Crippen LogP contribution in [0.5, 0.6) is 0 Å². The Morgan fingerprint density at radius 3 is 2.50 bits per heavy atom. The van der Waals surface area contributed by atoms with E-state index in [2.05, 4.69) is 13.8 Å². The molecule has 0 bridgehead atoms. The van der Waals surface area contributed by atoms with Gasteiger partial charge in [0.15, 0.2) is 0 Å². The van der Waals surface area contributed by atoms with Crippen molar-refractivity contribution in [2.24, 2.45) is 34.5 Å². The van der Waals surface area contributed by atoms with Crippen molar-refractivity contribution in [1.29, 1.82) is 0 Å². The van der Waals surface area contributed by atoms with Gasteiger partial charge in [0.1, 0.15) is 5.78 Å².